The van der Waals surface area contributed by atoms with Crippen LogP contribution in [0.15, 0.2) is 11.0 Å². The van der Waals surface area contributed by atoms with Crippen LogP contribution in [0.25, 0.3) is 0 Å². The minimum absolute atomic E-state index is 0.193. The van der Waals surface area contributed by atoms with Crippen molar-refractivity contribution in [3.05, 3.63) is 26.9 Å². The summed E-state index contributed by atoms with van der Waals surface area (Å²) >= 11 is 5.00. The molecule has 1 aromatic heterocycles. The smallest absolute Gasteiger partial charge is 0.267 e. The van der Waals surface area contributed by atoms with Crippen molar-refractivity contribution in [3.8, 4) is 12.3 Å². The Morgan fingerprint density at radius 1 is 1.58 bits per heavy atom. The first kappa shape index (κ1) is 15.6. The Bertz CT molecular complexity index is 574. The Balaban J connectivity index is 0.000000550. The SMILES string of the molecule is C#Cc1cn(C2CC[C@@H](O)O2)c(=S)[nH]c1=O.OCO. The highest BCUT2D eigenvalue weighted by Crippen LogP contribution is 2.26. The molecule has 1 unspecified atom stereocenters. The summed E-state index contributed by atoms with van der Waals surface area (Å²) in [7, 11) is 0. The third-order valence-electron chi connectivity index (χ3n) is 2.41. The molecule has 104 valence electrons. The summed E-state index contributed by atoms with van der Waals surface area (Å²) in [5.74, 6) is 2.27. The average Bonchev–Trinajstić information content (AvgIpc) is 2.77. The van der Waals surface area contributed by atoms with E-state index >= 15 is 0 Å². The standard InChI is InChI=1S/C10H10N2O3S.CH4O2/c1-2-6-5-12(10(16)11-9(6)14)7-3-4-8(13)15-7;2-1-3/h1,5,7-8,13H,3-4H2,(H,11,14,16);2-3H,1H2/t7?,8-;/m0./s1. The molecule has 0 radical (unpaired) electrons. The van der Waals surface area contributed by atoms with E-state index in [1.54, 1.807) is 4.57 Å². The number of nitrogens with zero attached hydrogens (tertiary/aromatic N) is 1. The molecular formula is C11H14N2O5S. The first-order valence-electron chi connectivity index (χ1n) is 5.40. The van der Waals surface area contributed by atoms with Crippen LogP contribution in [0, 0.1) is 17.1 Å². The van der Waals surface area contributed by atoms with Gasteiger partial charge in [-0.15, -0.1) is 6.42 Å². The van der Waals surface area contributed by atoms with Gasteiger partial charge in [-0.05, 0) is 18.6 Å². The third-order valence-corrected chi connectivity index (χ3v) is 2.72. The average molecular weight is 286 g/mol. The zero-order valence-electron chi connectivity index (χ0n) is 9.94. The second kappa shape index (κ2) is 7.18. The Labute approximate surface area is 114 Å². The fourth-order valence-electron chi connectivity index (χ4n) is 1.61. The number of rotatable bonds is 1. The molecule has 0 saturated carbocycles. The van der Waals surface area contributed by atoms with Gasteiger partial charge >= 0.3 is 0 Å². The molecule has 0 bridgehead atoms. The van der Waals surface area contributed by atoms with Crippen molar-refractivity contribution in [1.29, 1.82) is 0 Å². The molecule has 8 heteroatoms. The number of terminal acetylenes is 1. The number of hydrogen-bond acceptors (Lipinski definition) is 6. The summed E-state index contributed by atoms with van der Waals surface area (Å²) in [5, 5.41) is 23.5. The quantitative estimate of drug-likeness (QED) is 0.313. The van der Waals surface area contributed by atoms with E-state index in [0.29, 0.717) is 12.8 Å². The molecule has 1 aliphatic rings. The fraction of sp³-hybridized carbons (Fsp3) is 0.455. The Morgan fingerprint density at radius 2 is 2.21 bits per heavy atom. The monoisotopic (exact) mass is 286 g/mol. The molecule has 0 aliphatic carbocycles. The van der Waals surface area contributed by atoms with Crippen LogP contribution in [0.5, 0.6) is 0 Å². The Hall–Kier alpha value is -1.50. The summed E-state index contributed by atoms with van der Waals surface area (Å²) < 4.78 is 7.03. The zero-order valence-corrected chi connectivity index (χ0v) is 10.8. The minimum Gasteiger partial charge on any atom is -0.371 e. The highest BCUT2D eigenvalue weighted by atomic mass is 32.1. The normalized spacial score (nSPS) is 21.4. The molecule has 2 rings (SSSR count). The molecule has 2 atom stereocenters. The molecule has 1 aliphatic heterocycles. The van der Waals surface area contributed by atoms with Gasteiger partial charge in [-0.25, -0.2) is 0 Å². The van der Waals surface area contributed by atoms with Crippen LogP contribution in [0.4, 0.5) is 0 Å². The predicted octanol–water partition coefficient (Wildman–Crippen LogP) is -0.557. The van der Waals surface area contributed by atoms with E-state index in [1.165, 1.54) is 6.20 Å². The molecule has 0 spiro atoms. The molecule has 19 heavy (non-hydrogen) atoms. The van der Waals surface area contributed by atoms with Gasteiger partial charge in [-0.3, -0.25) is 14.3 Å². The van der Waals surface area contributed by atoms with Crippen molar-refractivity contribution in [1.82, 2.24) is 9.55 Å². The van der Waals surface area contributed by atoms with Crippen LogP contribution in [0.2, 0.25) is 0 Å². The van der Waals surface area contributed by atoms with Gasteiger partial charge in [0.15, 0.2) is 11.1 Å². The van der Waals surface area contributed by atoms with Gasteiger partial charge in [0, 0.05) is 12.6 Å². The maximum absolute atomic E-state index is 11.3. The van der Waals surface area contributed by atoms with Crippen molar-refractivity contribution < 1.29 is 20.1 Å². The van der Waals surface area contributed by atoms with Crippen LogP contribution < -0.4 is 5.56 Å². The Kier molecular flexibility index (Phi) is 5.88. The summed E-state index contributed by atoms with van der Waals surface area (Å²) in [4.78, 5) is 13.8. The van der Waals surface area contributed by atoms with Crippen molar-refractivity contribution in [3.63, 3.8) is 0 Å². The number of nitrogens with one attached hydrogen (secondary N) is 1. The molecule has 0 aromatic carbocycles. The molecular weight excluding hydrogens is 272 g/mol. The summed E-state index contributed by atoms with van der Waals surface area (Å²) in [6, 6.07) is 0. The number of ether oxygens (including phenoxy) is 1. The number of aromatic nitrogens is 2. The van der Waals surface area contributed by atoms with E-state index in [9.17, 15) is 9.90 Å². The van der Waals surface area contributed by atoms with Crippen molar-refractivity contribution in [2.45, 2.75) is 25.4 Å². The van der Waals surface area contributed by atoms with Gasteiger partial charge < -0.3 is 20.1 Å². The zero-order chi connectivity index (χ0) is 14.4. The number of H-pyrrole nitrogens is 1. The van der Waals surface area contributed by atoms with E-state index in [2.05, 4.69) is 10.9 Å². The summed E-state index contributed by atoms with van der Waals surface area (Å²) in [6.45, 7) is -0.750. The topological polar surface area (TPSA) is 108 Å². The lowest BCUT2D eigenvalue weighted by Gasteiger charge is -2.14. The second-order valence-corrected chi connectivity index (χ2v) is 4.00. The first-order chi connectivity index (χ1) is 9.03. The molecule has 1 aromatic rings. The number of aliphatic hydroxyl groups is 3. The first-order valence-corrected chi connectivity index (χ1v) is 5.81. The maximum atomic E-state index is 11.3. The van der Waals surface area contributed by atoms with Crippen molar-refractivity contribution >= 4 is 12.2 Å². The lowest BCUT2D eigenvalue weighted by Crippen LogP contribution is -2.19. The summed E-state index contributed by atoms with van der Waals surface area (Å²) in [6.07, 6.45) is 6.68. The van der Waals surface area contributed by atoms with Crippen molar-refractivity contribution in [2.75, 3.05) is 6.79 Å². The lowest BCUT2D eigenvalue weighted by atomic mass is 10.3. The van der Waals surface area contributed by atoms with Crippen LogP contribution in [0.3, 0.4) is 0 Å². The van der Waals surface area contributed by atoms with Gasteiger partial charge in [-0.2, -0.15) is 0 Å². The third kappa shape index (κ3) is 3.99. The lowest BCUT2D eigenvalue weighted by molar-refractivity contribution is -0.113. The van der Waals surface area contributed by atoms with Crippen LogP contribution in [0.1, 0.15) is 24.6 Å². The second-order valence-electron chi connectivity index (χ2n) is 3.62. The number of aromatic amines is 1. The van der Waals surface area contributed by atoms with E-state index in [-0.39, 0.29) is 22.1 Å². The highest BCUT2D eigenvalue weighted by Gasteiger charge is 2.25. The maximum Gasteiger partial charge on any atom is 0.267 e. The van der Waals surface area contributed by atoms with Gasteiger partial charge in [0.05, 0.1) is 0 Å². The van der Waals surface area contributed by atoms with Crippen molar-refractivity contribution in [2.24, 2.45) is 0 Å². The molecule has 0 amide bonds. The molecule has 7 nitrogen and oxygen atoms in total. The molecule has 1 fully saturated rings. The molecule has 1 saturated heterocycles. The molecule has 2 heterocycles. The summed E-state index contributed by atoms with van der Waals surface area (Å²) in [5.41, 5.74) is -0.194. The van der Waals surface area contributed by atoms with Crippen LogP contribution in [-0.4, -0.2) is 38.0 Å². The minimum atomic E-state index is -0.784. The highest BCUT2D eigenvalue weighted by molar-refractivity contribution is 7.71. The van der Waals surface area contributed by atoms with Crippen LogP contribution in [-0.2, 0) is 4.74 Å². The van der Waals surface area contributed by atoms with Crippen LogP contribution >= 0.6 is 12.2 Å². The number of hydrogen-bond donors (Lipinski definition) is 4. The Morgan fingerprint density at radius 3 is 2.68 bits per heavy atom. The van der Waals surface area contributed by atoms with E-state index in [0.717, 1.165) is 0 Å². The largest absolute Gasteiger partial charge is 0.371 e. The fourth-order valence-corrected chi connectivity index (χ4v) is 1.87. The van der Waals surface area contributed by atoms with E-state index in [1.807, 2.05) is 0 Å². The van der Waals surface area contributed by atoms with Gasteiger partial charge in [0.2, 0.25) is 0 Å². The van der Waals surface area contributed by atoms with E-state index < -0.39 is 13.1 Å². The predicted molar refractivity (Wildman–Crippen MR) is 68.5 cm³/mol. The van der Waals surface area contributed by atoms with E-state index in [4.69, 9.17) is 33.6 Å². The molecule has 4 N–H and O–H groups in total. The van der Waals surface area contributed by atoms with Gasteiger partial charge in [0.25, 0.3) is 5.56 Å². The number of aliphatic hydroxyl groups excluding tert-OH is 2. The van der Waals surface area contributed by atoms with Gasteiger partial charge in [0.1, 0.15) is 18.6 Å². The van der Waals surface area contributed by atoms with Gasteiger partial charge in [-0.1, -0.05) is 5.92 Å².